The molecule has 0 aliphatic carbocycles. The molecule has 10 nitrogen and oxygen atoms in total. The largest absolute Gasteiger partial charge is 0.479 e. The van der Waals surface area contributed by atoms with Gasteiger partial charge >= 0.3 is 0 Å². The van der Waals surface area contributed by atoms with E-state index >= 15 is 0 Å². The summed E-state index contributed by atoms with van der Waals surface area (Å²) in [6, 6.07) is 9.73. The third-order valence-corrected chi connectivity index (χ3v) is 8.37. The summed E-state index contributed by atoms with van der Waals surface area (Å²) in [5.41, 5.74) is 1.16. The predicted molar refractivity (Wildman–Crippen MR) is 130 cm³/mol. The van der Waals surface area contributed by atoms with Gasteiger partial charge < -0.3 is 19.9 Å². The molecule has 3 rings (SSSR count). The second kappa shape index (κ2) is 9.62. The van der Waals surface area contributed by atoms with E-state index < -0.39 is 22.2 Å². The summed E-state index contributed by atoms with van der Waals surface area (Å²) in [6.45, 7) is 6.44. The number of hydrogen-bond acceptors (Lipinski definition) is 10. The van der Waals surface area contributed by atoms with Crippen molar-refractivity contribution in [2.24, 2.45) is 0 Å². The number of sulfone groups is 1. The number of para-hydroxylation sites is 1. The highest BCUT2D eigenvalue weighted by Gasteiger charge is 2.23. The van der Waals surface area contributed by atoms with Gasteiger partial charge in [-0.3, -0.25) is 0 Å². The predicted octanol–water partition coefficient (Wildman–Crippen LogP) is 3.85. The van der Waals surface area contributed by atoms with Crippen LogP contribution in [-0.4, -0.2) is 54.3 Å². The van der Waals surface area contributed by atoms with E-state index in [1.165, 1.54) is 13.2 Å². The van der Waals surface area contributed by atoms with Crippen LogP contribution in [0.15, 0.2) is 41.3 Å². The SMILES string of the molecule is COc1nc(P(C)(C)=O)ccc1Nc1nnc(Cl)c(Nc2ccccc2S(=O)(=O)C(C)C)n1. The van der Waals surface area contributed by atoms with Crippen LogP contribution in [0.25, 0.3) is 0 Å². The fraction of sp³-hybridized carbons (Fsp3) is 0.300. The van der Waals surface area contributed by atoms with Crippen LogP contribution < -0.4 is 20.8 Å². The minimum Gasteiger partial charge on any atom is -0.479 e. The first-order valence-electron chi connectivity index (χ1n) is 9.81. The molecule has 2 heterocycles. The van der Waals surface area contributed by atoms with Crippen LogP contribution in [0.2, 0.25) is 5.15 Å². The van der Waals surface area contributed by atoms with Crippen molar-refractivity contribution in [2.45, 2.75) is 24.0 Å². The molecule has 0 atom stereocenters. The average molecular weight is 511 g/mol. The van der Waals surface area contributed by atoms with Crippen molar-refractivity contribution in [2.75, 3.05) is 31.1 Å². The number of aromatic nitrogens is 4. The van der Waals surface area contributed by atoms with Gasteiger partial charge in [0.25, 0.3) is 0 Å². The zero-order valence-electron chi connectivity index (χ0n) is 18.7. The molecule has 3 aromatic rings. The molecule has 0 radical (unpaired) electrons. The highest BCUT2D eigenvalue weighted by atomic mass is 35.5. The maximum atomic E-state index is 12.7. The van der Waals surface area contributed by atoms with Gasteiger partial charge in [0.2, 0.25) is 11.8 Å². The third-order valence-electron chi connectivity index (χ3n) is 4.55. The Kier molecular flexibility index (Phi) is 7.26. The number of methoxy groups -OCH3 is 1. The number of ether oxygens (including phenoxy) is 1. The van der Waals surface area contributed by atoms with E-state index in [1.807, 2.05) is 0 Å². The van der Waals surface area contributed by atoms with Crippen molar-refractivity contribution in [1.29, 1.82) is 0 Å². The highest BCUT2D eigenvalue weighted by molar-refractivity contribution is 7.92. The summed E-state index contributed by atoms with van der Waals surface area (Å²) in [6.07, 6.45) is 0. The normalized spacial score (nSPS) is 12.0. The number of rotatable bonds is 8. The van der Waals surface area contributed by atoms with Crippen LogP contribution >= 0.6 is 18.7 Å². The van der Waals surface area contributed by atoms with Crippen molar-refractivity contribution in [3.8, 4) is 5.88 Å². The van der Waals surface area contributed by atoms with Gasteiger partial charge in [-0.2, -0.15) is 4.98 Å². The molecule has 0 aliphatic rings. The summed E-state index contributed by atoms with van der Waals surface area (Å²) in [5.74, 6) is 0.378. The lowest BCUT2D eigenvalue weighted by molar-refractivity contribution is 0.401. The van der Waals surface area contributed by atoms with Crippen molar-refractivity contribution in [3.05, 3.63) is 41.6 Å². The topological polar surface area (TPSA) is 136 Å². The molecule has 2 N–H and O–H groups in total. The van der Waals surface area contributed by atoms with Gasteiger partial charge in [-0.1, -0.05) is 23.7 Å². The van der Waals surface area contributed by atoms with E-state index in [0.717, 1.165) is 0 Å². The molecule has 1 aromatic carbocycles. The molecule has 176 valence electrons. The molecule has 2 aromatic heterocycles. The van der Waals surface area contributed by atoms with Crippen molar-refractivity contribution in [1.82, 2.24) is 20.2 Å². The molecule has 0 unspecified atom stereocenters. The molecule has 0 fully saturated rings. The molecule has 0 saturated heterocycles. The summed E-state index contributed by atoms with van der Waals surface area (Å²) in [7, 11) is -4.70. The second-order valence-corrected chi connectivity index (χ2v) is 13.7. The smallest absolute Gasteiger partial charge is 0.249 e. The van der Waals surface area contributed by atoms with Crippen LogP contribution in [0.3, 0.4) is 0 Å². The Morgan fingerprint density at radius 2 is 1.70 bits per heavy atom. The number of benzene rings is 1. The van der Waals surface area contributed by atoms with E-state index in [9.17, 15) is 13.0 Å². The Bertz CT molecular complexity index is 1330. The first kappa shape index (κ1) is 24.9. The van der Waals surface area contributed by atoms with Gasteiger partial charge in [0.05, 0.1) is 22.9 Å². The summed E-state index contributed by atoms with van der Waals surface area (Å²) < 4.78 is 43.1. The molecule has 0 amide bonds. The van der Waals surface area contributed by atoms with Crippen molar-refractivity contribution in [3.63, 3.8) is 0 Å². The average Bonchev–Trinajstić information content (AvgIpc) is 2.75. The Balaban J connectivity index is 1.95. The minimum absolute atomic E-state index is 0.0457. The lowest BCUT2D eigenvalue weighted by Gasteiger charge is -2.15. The second-order valence-electron chi connectivity index (χ2n) is 7.69. The standard InChI is InChI=1S/C20H24ClN6O4PS/c1-12(2)33(29,30)15-9-7-6-8-13(15)22-18-17(21)26-27-20(25-18)23-14-10-11-16(32(4,5)28)24-19(14)31-3/h6-12H,1-5H3,(H2,22,23,25,27). The van der Waals surface area contributed by atoms with Gasteiger partial charge in [-0.05, 0) is 51.4 Å². The molecule has 0 aliphatic heterocycles. The fourth-order valence-corrected chi connectivity index (χ4v) is 4.84. The summed E-state index contributed by atoms with van der Waals surface area (Å²) >= 11 is 6.16. The fourth-order valence-electron chi connectivity index (χ4n) is 2.75. The first-order valence-corrected chi connectivity index (χ1v) is 14.3. The monoisotopic (exact) mass is 510 g/mol. The lowest BCUT2D eigenvalue weighted by atomic mass is 10.3. The van der Waals surface area contributed by atoms with Crippen molar-refractivity contribution < 1.29 is 17.7 Å². The summed E-state index contributed by atoms with van der Waals surface area (Å²) in [5, 5.41) is 13.0. The van der Waals surface area contributed by atoms with Gasteiger partial charge in [-0.15, -0.1) is 10.2 Å². The van der Waals surface area contributed by atoms with Gasteiger partial charge in [-0.25, -0.2) is 13.4 Å². The van der Waals surface area contributed by atoms with Gasteiger partial charge in [0.1, 0.15) is 18.3 Å². The maximum Gasteiger partial charge on any atom is 0.249 e. The van der Waals surface area contributed by atoms with Gasteiger partial charge in [0, 0.05) is 0 Å². The third kappa shape index (κ3) is 5.61. The molecular formula is C20H24ClN6O4PS. The number of nitrogens with zero attached hydrogens (tertiary/aromatic N) is 4. The van der Waals surface area contributed by atoms with E-state index in [2.05, 4.69) is 30.8 Å². The molecular weight excluding hydrogens is 487 g/mol. The number of anilines is 4. The highest BCUT2D eigenvalue weighted by Crippen LogP contribution is 2.36. The zero-order chi connectivity index (χ0) is 24.4. The van der Waals surface area contributed by atoms with E-state index in [-0.39, 0.29) is 27.7 Å². The zero-order valence-corrected chi connectivity index (χ0v) is 21.2. The molecule has 0 bridgehead atoms. The molecule has 0 spiro atoms. The van der Waals surface area contributed by atoms with E-state index in [1.54, 1.807) is 57.5 Å². The van der Waals surface area contributed by atoms with Crippen LogP contribution in [0.5, 0.6) is 5.88 Å². The molecule has 13 heteroatoms. The van der Waals surface area contributed by atoms with Crippen LogP contribution in [0.1, 0.15) is 13.8 Å². The van der Waals surface area contributed by atoms with Crippen molar-refractivity contribution >= 4 is 57.2 Å². The van der Waals surface area contributed by atoms with Gasteiger partial charge in [0.15, 0.2) is 20.8 Å². The number of halogens is 1. The van der Waals surface area contributed by atoms with Crippen LogP contribution in [0, 0.1) is 0 Å². The first-order chi connectivity index (χ1) is 15.4. The van der Waals surface area contributed by atoms with Crippen LogP contribution in [-0.2, 0) is 14.4 Å². The Morgan fingerprint density at radius 1 is 1.00 bits per heavy atom. The minimum atomic E-state index is -3.56. The maximum absolute atomic E-state index is 12.7. The Labute approximate surface area is 197 Å². The number of hydrogen-bond donors (Lipinski definition) is 2. The van der Waals surface area contributed by atoms with Crippen LogP contribution in [0.4, 0.5) is 23.1 Å². The summed E-state index contributed by atoms with van der Waals surface area (Å²) in [4.78, 5) is 8.73. The lowest BCUT2D eigenvalue weighted by Crippen LogP contribution is -2.16. The van der Waals surface area contributed by atoms with E-state index in [4.69, 9.17) is 16.3 Å². The number of pyridine rings is 1. The number of nitrogens with one attached hydrogen (secondary N) is 2. The molecule has 33 heavy (non-hydrogen) atoms. The Morgan fingerprint density at radius 3 is 2.33 bits per heavy atom. The van der Waals surface area contributed by atoms with E-state index in [0.29, 0.717) is 16.8 Å². The molecule has 0 saturated carbocycles. The Hall–Kier alpha value is -2.75. The quantitative estimate of drug-likeness (QED) is 0.430.